The molecule has 0 saturated carbocycles. The lowest BCUT2D eigenvalue weighted by molar-refractivity contribution is -0.116. The number of nitrogens with zero attached hydrogens (tertiary/aromatic N) is 3. The van der Waals surface area contributed by atoms with Gasteiger partial charge in [-0.15, -0.1) is 0 Å². The number of hydrogen-bond acceptors (Lipinski definition) is 2. The Bertz CT molecular complexity index is 1050. The summed E-state index contributed by atoms with van der Waals surface area (Å²) < 4.78 is 3.78. The van der Waals surface area contributed by atoms with E-state index in [1.165, 1.54) is 16.5 Å². The summed E-state index contributed by atoms with van der Waals surface area (Å²) in [5.41, 5.74) is 3.44. The maximum absolute atomic E-state index is 12.4. The maximum Gasteiger partial charge on any atom is 0.245 e. The van der Waals surface area contributed by atoms with Crippen LogP contribution >= 0.6 is 0 Å². The van der Waals surface area contributed by atoms with E-state index in [2.05, 4.69) is 35.5 Å². The normalized spacial score (nSPS) is 11.0. The quantitative estimate of drug-likeness (QED) is 0.598. The van der Waals surface area contributed by atoms with E-state index in [0.717, 1.165) is 5.52 Å². The molecular formula is C21H20N4O. The number of carbonyl (C=O) groups is 1. The highest BCUT2D eigenvalue weighted by Crippen LogP contribution is 2.19. The predicted molar refractivity (Wildman–Crippen MR) is 103 cm³/mol. The third kappa shape index (κ3) is 3.37. The van der Waals surface area contributed by atoms with Crippen LogP contribution in [0.15, 0.2) is 73.1 Å². The van der Waals surface area contributed by atoms with Gasteiger partial charge in [-0.3, -0.25) is 9.48 Å². The molecule has 26 heavy (non-hydrogen) atoms. The molecule has 0 bridgehead atoms. The van der Waals surface area contributed by atoms with Crippen molar-refractivity contribution in [1.29, 1.82) is 0 Å². The molecule has 5 heteroatoms. The van der Waals surface area contributed by atoms with Gasteiger partial charge in [0.25, 0.3) is 0 Å². The topological polar surface area (TPSA) is 51.9 Å². The average molecular weight is 344 g/mol. The van der Waals surface area contributed by atoms with Gasteiger partial charge in [0.05, 0.1) is 6.54 Å². The molecule has 130 valence electrons. The van der Waals surface area contributed by atoms with Gasteiger partial charge in [-0.2, -0.15) is 5.10 Å². The minimum atomic E-state index is -0.0889. The molecular weight excluding hydrogens is 324 g/mol. The molecule has 2 heterocycles. The van der Waals surface area contributed by atoms with E-state index in [-0.39, 0.29) is 12.5 Å². The maximum atomic E-state index is 12.4. The van der Waals surface area contributed by atoms with Crippen molar-refractivity contribution in [2.75, 3.05) is 5.32 Å². The number of aryl methyl sites for hydroxylation is 1. The second-order valence-electron chi connectivity index (χ2n) is 6.38. The number of amides is 1. The number of nitrogens with one attached hydrogen (secondary N) is 1. The zero-order chi connectivity index (χ0) is 17.9. The summed E-state index contributed by atoms with van der Waals surface area (Å²) in [6.07, 6.45) is 3.82. The van der Waals surface area contributed by atoms with E-state index >= 15 is 0 Å². The Balaban J connectivity index is 1.43. The summed E-state index contributed by atoms with van der Waals surface area (Å²) in [4.78, 5) is 12.4. The lowest BCUT2D eigenvalue weighted by Gasteiger charge is -2.06. The summed E-state index contributed by atoms with van der Waals surface area (Å²) in [5.74, 6) is 0.479. The zero-order valence-corrected chi connectivity index (χ0v) is 14.6. The van der Waals surface area contributed by atoms with Crippen LogP contribution in [-0.2, 0) is 17.9 Å². The number of rotatable bonds is 5. The number of carbonyl (C=O) groups excluding carboxylic acids is 1. The summed E-state index contributed by atoms with van der Waals surface area (Å²) in [7, 11) is 0. The van der Waals surface area contributed by atoms with E-state index in [0.29, 0.717) is 12.4 Å². The van der Waals surface area contributed by atoms with Gasteiger partial charge in [0.1, 0.15) is 6.54 Å². The van der Waals surface area contributed by atoms with Crippen LogP contribution in [0.2, 0.25) is 0 Å². The van der Waals surface area contributed by atoms with Crippen molar-refractivity contribution in [3.8, 4) is 0 Å². The van der Waals surface area contributed by atoms with Gasteiger partial charge in [0, 0.05) is 29.4 Å². The molecule has 0 unspecified atom stereocenters. The molecule has 4 aromatic rings. The first-order chi connectivity index (χ1) is 12.7. The average Bonchev–Trinajstić information content (AvgIpc) is 3.24. The van der Waals surface area contributed by atoms with Crippen LogP contribution in [0.25, 0.3) is 10.9 Å². The predicted octanol–water partition coefficient (Wildman–Crippen LogP) is 3.83. The van der Waals surface area contributed by atoms with Crippen molar-refractivity contribution in [2.24, 2.45) is 0 Å². The van der Waals surface area contributed by atoms with Crippen LogP contribution in [0.1, 0.15) is 11.1 Å². The smallest absolute Gasteiger partial charge is 0.245 e. The van der Waals surface area contributed by atoms with Crippen molar-refractivity contribution in [3.05, 3.63) is 84.2 Å². The molecule has 0 fully saturated rings. The van der Waals surface area contributed by atoms with Gasteiger partial charge in [-0.1, -0.05) is 42.5 Å². The highest BCUT2D eigenvalue weighted by atomic mass is 16.2. The fourth-order valence-electron chi connectivity index (χ4n) is 3.14. The second kappa shape index (κ2) is 6.88. The Kier molecular flexibility index (Phi) is 4.27. The summed E-state index contributed by atoms with van der Waals surface area (Å²) >= 11 is 0. The largest absolute Gasteiger partial charge is 0.338 e. The van der Waals surface area contributed by atoms with Crippen LogP contribution in [0, 0.1) is 6.92 Å². The van der Waals surface area contributed by atoms with Crippen LogP contribution < -0.4 is 5.32 Å². The first-order valence-electron chi connectivity index (χ1n) is 8.61. The Morgan fingerprint density at radius 2 is 1.85 bits per heavy atom. The zero-order valence-electron chi connectivity index (χ0n) is 14.6. The fraction of sp³-hybridized carbons (Fsp3) is 0.143. The molecule has 0 radical (unpaired) electrons. The fourth-order valence-corrected chi connectivity index (χ4v) is 3.14. The lowest BCUT2D eigenvalue weighted by atomic mass is 10.1. The number of aromatic nitrogens is 3. The van der Waals surface area contributed by atoms with Gasteiger partial charge >= 0.3 is 0 Å². The number of fused-ring (bicyclic) bond motifs is 1. The van der Waals surface area contributed by atoms with Crippen molar-refractivity contribution in [1.82, 2.24) is 14.3 Å². The molecule has 1 N–H and O–H groups in total. The van der Waals surface area contributed by atoms with Crippen LogP contribution in [0.3, 0.4) is 0 Å². The summed E-state index contributed by atoms with van der Waals surface area (Å²) in [5, 5.41) is 8.47. The number of hydrogen-bond donors (Lipinski definition) is 1. The lowest BCUT2D eigenvalue weighted by Crippen LogP contribution is -2.18. The van der Waals surface area contributed by atoms with Gasteiger partial charge in [-0.25, -0.2) is 0 Å². The third-order valence-corrected chi connectivity index (χ3v) is 4.44. The molecule has 4 rings (SSSR count). The van der Waals surface area contributed by atoms with E-state index in [1.807, 2.05) is 64.1 Å². The molecule has 0 atom stereocenters. The second-order valence-corrected chi connectivity index (χ2v) is 6.38. The number of anilines is 1. The molecule has 0 saturated heterocycles. The first kappa shape index (κ1) is 16.1. The van der Waals surface area contributed by atoms with Crippen LogP contribution in [0.4, 0.5) is 5.82 Å². The highest BCUT2D eigenvalue weighted by molar-refractivity contribution is 5.91. The van der Waals surface area contributed by atoms with Gasteiger partial charge in [-0.05, 0) is 30.2 Å². The van der Waals surface area contributed by atoms with E-state index < -0.39 is 0 Å². The Morgan fingerprint density at radius 3 is 2.69 bits per heavy atom. The van der Waals surface area contributed by atoms with Crippen molar-refractivity contribution in [3.63, 3.8) is 0 Å². The minimum Gasteiger partial charge on any atom is -0.338 e. The standard InChI is InChI=1S/C21H20N4O/c1-16-6-5-9-19-18(16)10-12-24(19)15-21(26)22-20-11-13-25(23-20)14-17-7-3-2-4-8-17/h2-13H,14-15H2,1H3,(H,22,23,26). The van der Waals surface area contributed by atoms with Crippen molar-refractivity contribution >= 4 is 22.6 Å². The molecule has 0 spiro atoms. The number of benzene rings is 2. The molecule has 5 nitrogen and oxygen atoms in total. The summed E-state index contributed by atoms with van der Waals surface area (Å²) in [6, 6.07) is 20.1. The van der Waals surface area contributed by atoms with Crippen LogP contribution in [-0.4, -0.2) is 20.3 Å². The van der Waals surface area contributed by atoms with Crippen molar-refractivity contribution < 1.29 is 4.79 Å². The van der Waals surface area contributed by atoms with Gasteiger partial charge in [0.15, 0.2) is 5.82 Å². The summed E-state index contributed by atoms with van der Waals surface area (Å²) in [6.45, 7) is 3.02. The molecule has 0 aliphatic carbocycles. The van der Waals surface area contributed by atoms with Crippen molar-refractivity contribution in [2.45, 2.75) is 20.0 Å². The monoisotopic (exact) mass is 344 g/mol. The Labute approximate surface area is 151 Å². The molecule has 1 amide bonds. The molecule has 0 aliphatic rings. The molecule has 2 aromatic heterocycles. The highest BCUT2D eigenvalue weighted by Gasteiger charge is 2.09. The SMILES string of the molecule is Cc1cccc2c1ccn2CC(=O)Nc1ccn(Cc2ccccc2)n1. The van der Waals surface area contributed by atoms with Crippen LogP contribution in [0.5, 0.6) is 0 Å². The van der Waals surface area contributed by atoms with E-state index in [1.54, 1.807) is 0 Å². The van der Waals surface area contributed by atoms with E-state index in [9.17, 15) is 4.79 Å². The Hall–Kier alpha value is -3.34. The molecule has 2 aromatic carbocycles. The third-order valence-electron chi connectivity index (χ3n) is 4.44. The van der Waals surface area contributed by atoms with Gasteiger partial charge < -0.3 is 9.88 Å². The van der Waals surface area contributed by atoms with Gasteiger partial charge in [0.2, 0.25) is 5.91 Å². The molecule has 0 aliphatic heterocycles. The Morgan fingerprint density at radius 1 is 1.00 bits per heavy atom. The van der Waals surface area contributed by atoms with E-state index in [4.69, 9.17) is 0 Å². The minimum absolute atomic E-state index is 0.0889. The first-order valence-corrected chi connectivity index (χ1v) is 8.61.